The van der Waals surface area contributed by atoms with Gasteiger partial charge < -0.3 is 10.0 Å². The summed E-state index contributed by atoms with van der Waals surface area (Å²) in [6, 6.07) is 5.97. The molecule has 1 amide bonds. The number of rotatable bonds is 0. The third kappa shape index (κ3) is 1.87. The summed E-state index contributed by atoms with van der Waals surface area (Å²) in [4.78, 5) is 14.1. The van der Waals surface area contributed by atoms with Crippen molar-refractivity contribution in [2.24, 2.45) is 5.41 Å². The summed E-state index contributed by atoms with van der Waals surface area (Å²) in [5.74, 6) is -0.244. The largest absolute Gasteiger partial charge is 0.375 e. The van der Waals surface area contributed by atoms with Crippen molar-refractivity contribution in [3.8, 4) is 0 Å². The maximum Gasteiger partial charge on any atom is 0.263 e. The number of nitrogens with zero attached hydrogens (tertiary/aromatic N) is 1. The van der Waals surface area contributed by atoms with Gasteiger partial charge in [-0.25, -0.2) is 0 Å². The lowest BCUT2D eigenvalue weighted by Crippen LogP contribution is -2.48. The van der Waals surface area contributed by atoms with Crippen LogP contribution in [0, 0.1) is 5.41 Å². The molecule has 1 atom stereocenters. The monoisotopic (exact) mass is 275 g/mol. The molecule has 1 aliphatic heterocycles. The maximum absolute atomic E-state index is 12.6. The first kappa shape index (κ1) is 15.0. The van der Waals surface area contributed by atoms with Crippen molar-refractivity contribution in [3.63, 3.8) is 0 Å². The molecule has 0 spiro atoms. The molecule has 0 fully saturated rings. The highest BCUT2D eigenvalue weighted by molar-refractivity contribution is 6.07. The number of anilines is 1. The third-order valence-electron chi connectivity index (χ3n) is 4.31. The average Bonchev–Trinajstić information content (AvgIpc) is 2.50. The van der Waals surface area contributed by atoms with E-state index in [1.54, 1.807) is 11.9 Å². The first-order valence-corrected chi connectivity index (χ1v) is 7.06. The first-order valence-electron chi connectivity index (χ1n) is 7.06. The van der Waals surface area contributed by atoms with Gasteiger partial charge in [-0.1, -0.05) is 47.6 Å². The highest BCUT2D eigenvalue weighted by Crippen LogP contribution is 2.50. The summed E-state index contributed by atoms with van der Waals surface area (Å²) in [6.45, 7) is 12.1. The van der Waals surface area contributed by atoms with Gasteiger partial charge in [-0.05, 0) is 23.1 Å². The second-order valence-electron chi connectivity index (χ2n) is 7.81. The van der Waals surface area contributed by atoms with Crippen LogP contribution in [0.2, 0.25) is 0 Å². The fraction of sp³-hybridized carbons (Fsp3) is 0.588. The summed E-state index contributed by atoms with van der Waals surface area (Å²) in [6.07, 6.45) is 0. The number of likely N-dealkylation sites (N-methyl/N-ethyl adjacent to an activating group) is 1. The predicted molar refractivity (Wildman–Crippen MR) is 81.9 cm³/mol. The van der Waals surface area contributed by atoms with Crippen LogP contribution in [0.25, 0.3) is 0 Å². The molecule has 3 heteroatoms. The average molecular weight is 275 g/mol. The van der Waals surface area contributed by atoms with Crippen LogP contribution >= 0.6 is 0 Å². The van der Waals surface area contributed by atoms with Crippen molar-refractivity contribution in [2.45, 2.75) is 52.6 Å². The molecule has 1 aromatic carbocycles. The molecule has 0 aliphatic carbocycles. The predicted octanol–water partition coefficient (Wildman–Crippen LogP) is 3.19. The minimum absolute atomic E-state index is 0.0158. The molecule has 1 unspecified atom stereocenters. The zero-order valence-electron chi connectivity index (χ0n) is 13.5. The smallest absolute Gasteiger partial charge is 0.263 e. The zero-order valence-corrected chi connectivity index (χ0v) is 13.5. The van der Waals surface area contributed by atoms with Crippen molar-refractivity contribution >= 4 is 11.6 Å². The third-order valence-corrected chi connectivity index (χ3v) is 4.31. The zero-order chi connectivity index (χ0) is 15.5. The Morgan fingerprint density at radius 3 is 2.10 bits per heavy atom. The number of benzene rings is 1. The molecule has 1 heterocycles. The molecule has 110 valence electrons. The number of hydrogen-bond donors (Lipinski definition) is 1. The highest BCUT2D eigenvalue weighted by Gasteiger charge is 2.56. The molecular weight excluding hydrogens is 250 g/mol. The maximum atomic E-state index is 12.6. The van der Waals surface area contributed by atoms with Crippen LogP contribution in [0.4, 0.5) is 5.69 Å². The fourth-order valence-corrected chi connectivity index (χ4v) is 2.78. The van der Waals surface area contributed by atoms with Gasteiger partial charge in [0.2, 0.25) is 0 Å². The molecule has 0 saturated carbocycles. The Balaban J connectivity index is 2.73. The molecular formula is C17H25NO2. The van der Waals surface area contributed by atoms with Crippen LogP contribution in [0.1, 0.15) is 52.7 Å². The SMILES string of the molecule is CN1C(=O)C(O)(C(C)(C)C)c2cc(C(C)(C)C)ccc21. The van der Waals surface area contributed by atoms with E-state index >= 15 is 0 Å². The Bertz CT molecular complexity index is 563. The summed E-state index contributed by atoms with van der Waals surface area (Å²) >= 11 is 0. The molecule has 1 aliphatic rings. The quantitative estimate of drug-likeness (QED) is 0.790. The number of aliphatic hydroxyl groups is 1. The van der Waals surface area contributed by atoms with Crippen molar-refractivity contribution in [1.82, 2.24) is 0 Å². The highest BCUT2D eigenvalue weighted by atomic mass is 16.3. The van der Waals surface area contributed by atoms with Crippen LogP contribution in [0.5, 0.6) is 0 Å². The van der Waals surface area contributed by atoms with E-state index < -0.39 is 11.0 Å². The van der Waals surface area contributed by atoms with Gasteiger partial charge in [0.1, 0.15) is 0 Å². The van der Waals surface area contributed by atoms with Crippen molar-refractivity contribution in [1.29, 1.82) is 0 Å². The van der Waals surface area contributed by atoms with Crippen LogP contribution in [-0.2, 0) is 15.8 Å². The Morgan fingerprint density at radius 1 is 1.10 bits per heavy atom. The van der Waals surface area contributed by atoms with Crippen LogP contribution in [0.3, 0.4) is 0 Å². The van der Waals surface area contributed by atoms with Gasteiger partial charge >= 0.3 is 0 Å². The first-order chi connectivity index (χ1) is 8.90. The number of carbonyl (C=O) groups is 1. The molecule has 1 N–H and O–H groups in total. The van der Waals surface area contributed by atoms with E-state index in [4.69, 9.17) is 0 Å². The van der Waals surface area contributed by atoms with E-state index in [1.807, 2.05) is 39.0 Å². The number of amides is 1. The lowest BCUT2D eigenvalue weighted by molar-refractivity contribution is -0.148. The number of carbonyl (C=O) groups excluding carboxylic acids is 1. The number of fused-ring (bicyclic) bond motifs is 1. The van der Waals surface area contributed by atoms with Gasteiger partial charge in [0.05, 0.1) is 5.69 Å². The minimum Gasteiger partial charge on any atom is -0.375 e. The van der Waals surface area contributed by atoms with Gasteiger partial charge in [0, 0.05) is 18.0 Å². The van der Waals surface area contributed by atoms with Gasteiger partial charge in [0.15, 0.2) is 5.60 Å². The fourth-order valence-electron chi connectivity index (χ4n) is 2.78. The van der Waals surface area contributed by atoms with Crippen molar-refractivity contribution < 1.29 is 9.90 Å². The molecule has 0 radical (unpaired) electrons. The van der Waals surface area contributed by atoms with E-state index in [0.29, 0.717) is 0 Å². The van der Waals surface area contributed by atoms with E-state index in [-0.39, 0.29) is 11.3 Å². The summed E-state index contributed by atoms with van der Waals surface area (Å²) in [5.41, 5.74) is 0.628. The lowest BCUT2D eigenvalue weighted by Gasteiger charge is -2.36. The normalized spacial score (nSPS) is 23.2. The van der Waals surface area contributed by atoms with Gasteiger partial charge in [-0.3, -0.25) is 4.79 Å². The van der Waals surface area contributed by atoms with Crippen LogP contribution < -0.4 is 4.90 Å². The number of hydrogen-bond acceptors (Lipinski definition) is 2. The molecule has 0 bridgehead atoms. The Hall–Kier alpha value is -1.35. The molecule has 3 nitrogen and oxygen atoms in total. The van der Waals surface area contributed by atoms with E-state index in [1.165, 1.54) is 0 Å². The second-order valence-corrected chi connectivity index (χ2v) is 7.81. The van der Waals surface area contributed by atoms with Gasteiger partial charge in [-0.15, -0.1) is 0 Å². The lowest BCUT2D eigenvalue weighted by atomic mass is 9.72. The molecule has 2 rings (SSSR count). The Kier molecular flexibility index (Phi) is 3.07. The minimum atomic E-state index is -1.46. The molecule has 0 aromatic heterocycles. The van der Waals surface area contributed by atoms with Crippen molar-refractivity contribution in [3.05, 3.63) is 29.3 Å². The van der Waals surface area contributed by atoms with Gasteiger partial charge in [-0.2, -0.15) is 0 Å². The second kappa shape index (κ2) is 4.08. The van der Waals surface area contributed by atoms with Crippen LogP contribution in [0.15, 0.2) is 18.2 Å². The van der Waals surface area contributed by atoms with Gasteiger partial charge in [0.25, 0.3) is 5.91 Å². The topological polar surface area (TPSA) is 40.5 Å². The summed E-state index contributed by atoms with van der Waals surface area (Å²) < 4.78 is 0. The van der Waals surface area contributed by atoms with E-state index in [0.717, 1.165) is 16.8 Å². The molecule has 0 saturated heterocycles. The summed E-state index contributed by atoms with van der Waals surface area (Å²) in [7, 11) is 1.72. The molecule has 20 heavy (non-hydrogen) atoms. The Morgan fingerprint density at radius 2 is 1.65 bits per heavy atom. The molecule has 1 aromatic rings. The standard InChI is InChI=1S/C17H25NO2/c1-15(2,3)11-8-9-13-12(10-11)17(20,16(4,5)6)14(19)18(13)7/h8-10,20H,1-7H3. The Labute approximate surface area is 121 Å². The summed E-state index contributed by atoms with van der Waals surface area (Å²) in [5, 5.41) is 11.1. The van der Waals surface area contributed by atoms with E-state index in [2.05, 4.69) is 20.8 Å². The van der Waals surface area contributed by atoms with E-state index in [9.17, 15) is 9.90 Å². The van der Waals surface area contributed by atoms with Crippen LogP contribution in [-0.4, -0.2) is 18.1 Å². The van der Waals surface area contributed by atoms with Crippen molar-refractivity contribution in [2.75, 3.05) is 11.9 Å².